The minimum Gasteiger partial charge on any atom is -0.435 e. The molecule has 0 unspecified atom stereocenters. The largest absolute Gasteiger partial charge is 0.435 e. The molecule has 0 heterocycles. The Balaban J connectivity index is 1.92. The summed E-state index contributed by atoms with van der Waals surface area (Å²) in [7, 11) is 6.91. The predicted molar refractivity (Wildman–Crippen MR) is 122 cm³/mol. The number of para-hydroxylation sites is 2. The Kier molecular flexibility index (Phi) is 7.65. The van der Waals surface area contributed by atoms with Crippen molar-refractivity contribution in [1.82, 2.24) is 9.80 Å². The molecule has 0 amide bonds. The Morgan fingerprint density at radius 2 is 1.00 bits per heavy atom. The van der Waals surface area contributed by atoms with E-state index in [1.54, 1.807) is 0 Å². The highest BCUT2D eigenvalue weighted by Gasteiger charge is 2.21. The van der Waals surface area contributed by atoms with Crippen molar-refractivity contribution in [1.29, 1.82) is 0 Å². The molecular weight excluding hydrogens is 379 g/mol. The molecule has 0 fully saturated rings. The maximum absolute atomic E-state index is 6.50. The van der Waals surface area contributed by atoms with Crippen molar-refractivity contribution in [2.45, 2.75) is 13.1 Å². The molecule has 0 aliphatic rings. The molecule has 5 heteroatoms. The van der Waals surface area contributed by atoms with Gasteiger partial charge < -0.3 is 18.8 Å². The predicted octanol–water partition coefficient (Wildman–Crippen LogP) is 4.91. The van der Waals surface area contributed by atoms with Crippen LogP contribution in [0.4, 0.5) is 0 Å². The summed E-state index contributed by atoms with van der Waals surface area (Å²) in [5.41, 5.74) is 2.29. The lowest BCUT2D eigenvalue weighted by molar-refractivity contribution is 0.390. The van der Waals surface area contributed by atoms with Gasteiger partial charge in [-0.1, -0.05) is 54.6 Å². The maximum Gasteiger partial charge on any atom is 0.326 e. The van der Waals surface area contributed by atoms with Gasteiger partial charge in [0.15, 0.2) is 0 Å². The van der Waals surface area contributed by atoms with Gasteiger partial charge in [-0.05, 0) is 52.5 Å². The first-order chi connectivity index (χ1) is 14.0. The molecule has 0 atom stereocenters. The van der Waals surface area contributed by atoms with Crippen LogP contribution in [0.3, 0.4) is 0 Å². The van der Waals surface area contributed by atoms with E-state index in [0.717, 1.165) is 41.0 Å². The molecule has 0 spiro atoms. The van der Waals surface area contributed by atoms with Gasteiger partial charge in [-0.15, -0.1) is 0 Å². The van der Waals surface area contributed by atoms with Gasteiger partial charge in [0.1, 0.15) is 11.5 Å². The quantitative estimate of drug-likeness (QED) is 0.470. The average molecular weight is 408 g/mol. The minimum absolute atomic E-state index is 0.811. The van der Waals surface area contributed by atoms with Crippen molar-refractivity contribution >= 4 is 13.7 Å². The highest BCUT2D eigenvalue weighted by atomic mass is 31.2. The second-order valence-corrected chi connectivity index (χ2v) is 8.86. The van der Waals surface area contributed by atoms with Crippen molar-refractivity contribution in [3.63, 3.8) is 0 Å². The van der Waals surface area contributed by atoms with Gasteiger partial charge in [-0.25, -0.2) is 0 Å². The van der Waals surface area contributed by atoms with Gasteiger partial charge in [-0.3, -0.25) is 0 Å². The monoisotopic (exact) mass is 408 g/mol. The highest BCUT2D eigenvalue weighted by Crippen LogP contribution is 2.42. The van der Waals surface area contributed by atoms with E-state index in [1.165, 1.54) is 0 Å². The summed E-state index contributed by atoms with van der Waals surface area (Å²) < 4.78 is 13.0. The summed E-state index contributed by atoms with van der Waals surface area (Å²) in [5.74, 6) is 1.72. The number of rotatable bonds is 9. The summed E-state index contributed by atoms with van der Waals surface area (Å²) in [5, 5.41) is 1.04. The third-order valence-electron chi connectivity index (χ3n) is 4.25. The molecule has 0 bridgehead atoms. The van der Waals surface area contributed by atoms with Gasteiger partial charge >= 0.3 is 8.38 Å². The van der Waals surface area contributed by atoms with Crippen LogP contribution in [0.15, 0.2) is 78.9 Å². The van der Waals surface area contributed by atoms with Crippen LogP contribution < -0.4 is 14.4 Å². The number of hydrogen-bond acceptors (Lipinski definition) is 4. The third kappa shape index (κ3) is 6.30. The van der Waals surface area contributed by atoms with Crippen LogP contribution in [0, 0.1) is 0 Å². The Bertz CT molecular complexity index is 845. The lowest BCUT2D eigenvalue weighted by atomic mass is 10.2. The smallest absolute Gasteiger partial charge is 0.326 e. The Morgan fingerprint density at radius 1 is 0.586 bits per heavy atom. The first-order valence-electron chi connectivity index (χ1n) is 9.69. The number of hydrogen-bond donors (Lipinski definition) is 0. The lowest BCUT2D eigenvalue weighted by Crippen LogP contribution is -2.15. The summed E-state index contributed by atoms with van der Waals surface area (Å²) in [6, 6.07) is 26.5. The number of benzene rings is 3. The van der Waals surface area contributed by atoms with E-state index in [0.29, 0.717) is 0 Å². The van der Waals surface area contributed by atoms with Crippen LogP contribution >= 0.6 is 8.38 Å². The SMILES string of the molecule is CN(C)Cc1ccccc1OP(Oc1ccccc1CN(C)C)c1ccccc1. The van der Waals surface area contributed by atoms with E-state index in [9.17, 15) is 0 Å². The van der Waals surface area contributed by atoms with Crippen LogP contribution in [0.5, 0.6) is 11.5 Å². The zero-order chi connectivity index (χ0) is 20.6. The topological polar surface area (TPSA) is 24.9 Å². The normalized spacial score (nSPS) is 11.3. The molecule has 0 saturated heterocycles. The first kappa shape index (κ1) is 21.3. The molecule has 3 aromatic carbocycles. The molecular formula is C24H29N2O2P. The van der Waals surface area contributed by atoms with Gasteiger partial charge in [-0.2, -0.15) is 0 Å². The molecule has 0 aliphatic heterocycles. The molecule has 0 aromatic heterocycles. The van der Waals surface area contributed by atoms with Crippen LogP contribution in [0.25, 0.3) is 0 Å². The Morgan fingerprint density at radius 3 is 1.45 bits per heavy atom. The highest BCUT2D eigenvalue weighted by molar-refractivity contribution is 7.56. The zero-order valence-corrected chi connectivity index (χ0v) is 18.5. The zero-order valence-electron chi connectivity index (χ0n) is 17.6. The van der Waals surface area contributed by atoms with E-state index in [1.807, 2.05) is 54.6 Å². The van der Waals surface area contributed by atoms with Crippen molar-refractivity contribution < 1.29 is 9.05 Å². The molecule has 0 saturated carbocycles. The maximum atomic E-state index is 6.50. The molecule has 152 valence electrons. The van der Waals surface area contributed by atoms with Crippen LogP contribution in [-0.2, 0) is 13.1 Å². The Labute approximate surface area is 175 Å². The van der Waals surface area contributed by atoms with Gasteiger partial charge in [0.2, 0.25) is 0 Å². The summed E-state index contributed by atoms with van der Waals surface area (Å²) in [6.45, 7) is 1.62. The molecule has 3 rings (SSSR count). The second kappa shape index (κ2) is 10.4. The molecule has 0 radical (unpaired) electrons. The van der Waals surface area contributed by atoms with Crippen LogP contribution in [-0.4, -0.2) is 38.0 Å². The van der Waals surface area contributed by atoms with Gasteiger partial charge in [0, 0.05) is 24.2 Å². The van der Waals surface area contributed by atoms with E-state index < -0.39 is 8.38 Å². The second-order valence-electron chi connectivity index (χ2n) is 7.47. The third-order valence-corrected chi connectivity index (χ3v) is 5.69. The summed E-state index contributed by atoms with van der Waals surface area (Å²) >= 11 is 0. The summed E-state index contributed by atoms with van der Waals surface area (Å²) in [6.07, 6.45) is 0. The van der Waals surface area contributed by atoms with E-state index in [2.05, 4.69) is 62.3 Å². The molecule has 29 heavy (non-hydrogen) atoms. The Hall–Kier alpha value is -2.39. The lowest BCUT2D eigenvalue weighted by Gasteiger charge is -2.23. The molecule has 3 aromatic rings. The average Bonchev–Trinajstić information content (AvgIpc) is 2.70. The fourth-order valence-electron chi connectivity index (χ4n) is 2.98. The van der Waals surface area contributed by atoms with E-state index in [-0.39, 0.29) is 0 Å². The first-order valence-corrected chi connectivity index (χ1v) is 10.9. The molecule has 0 aliphatic carbocycles. The fraction of sp³-hybridized carbons (Fsp3) is 0.250. The molecule has 4 nitrogen and oxygen atoms in total. The molecule has 0 N–H and O–H groups in total. The van der Waals surface area contributed by atoms with Crippen molar-refractivity contribution in [2.24, 2.45) is 0 Å². The van der Waals surface area contributed by atoms with Crippen LogP contribution in [0.2, 0.25) is 0 Å². The fourth-order valence-corrected chi connectivity index (χ4v) is 4.36. The number of nitrogens with zero attached hydrogens (tertiary/aromatic N) is 2. The minimum atomic E-state index is -1.33. The standard InChI is InChI=1S/C24H29N2O2P/c1-25(2)18-20-12-8-10-16-23(20)27-29(22-14-6-5-7-15-22)28-24-17-11-9-13-21(24)19-26(3)4/h5-17H,18-19H2,1-4H3. The van der Waals surface area contributed by atoms with Crippen molar-refractivity contribution in [3.05, 3.63) is 90.0 Å². The van der Waals surface area contributed by atoms with E-state index in [4.69, 9.17) is 9.05 Å². The van der Waals surface area contributed by atoms with Crippen molar-refractivity contribution in [2.75, 3.05) is 28.2 Å². The summed E-state index contributed by atoms with van der Waals surface area (Å²) in [4.78, 5) is 4.28. The van der Waals surface area contributed by atoms with E-state index >= 15 is 0 Å². The van der Waals surface area contributed by atoms with Gasteiger partial charge in [0.05, 0.1) is 5.30 Å². The van der Waals surface area contributed by atoms with Gasteiger partial charge in [0.25, 0.3) is 0 Å². The van der Waals surface area contributed by atoms with Crippen LogP contribution in [0.1, 0.15) is 11.1 Å². The van der Waals surface area contributed by atoms with Crippen molar-refractivity contribution in [3.8, 4) is 11.5 Å².